The zero-order chi connectivity index (χ0) is 18.0. The minimum Gasteiger partial charge on any atom is -0.355 e. The molecule has 2 saturated heterocycles. The molecule has 25 heavy (non-hydrogen) atoms. The van der Waals surface area contributed by atoms with Gasteiger partial charge in [-0.05, 0) is 12.8 Å². The van der Waals surface area contributed by atoms with Crippen molar-refractivity contribution in [1.29, 1.82) is 0 Å². The Kier molecular flexibility index (Phi) is 4.78. The Hall–Kier alpha value is -2.39. The largest absolute Gasteiger partial charge is 0.406 e. The average Bonchev–Trinajstić information content (AvgIpc) is 3.17. The molecule has 1 unspecified atom stereocenters. The molecular weight excluding hydrogens is 339 g/mol. The lowest BCUT2D eigenvalue weighted by Gasteiger charge is -2.21. The minimum absolute atomic E-state index is 0.228. The van der Waals surface area contributed by atoms with E-state index in [-0.39, 0.29) is 13.0 Å². The van der Waals surface area contributed by atoms with E-state index in [9.17, 15) is 22.8 Å². The third-order valence-corrected chi connectivity index (χ3v) is 4.31. The first-order valence-electron chi connectivity index (χ1n) is 8.04. The van der Waals surface area contributed by atoms with Gasteiger partial charge in [-0.25, -0.2) is 9.97 Å². The molecule has 3 heterocycles. The van der Waals surface area contributed by atoms with Crippen molar-refractivity contribution in [2.75, 3.05) is 36.4 Å². The SMILES string of the molecule is O=C(Nc1cncnc1N1CCCC1)C1CC(=O)N(CC(F)(F)F)C1. The predicted molar refractivity (Wildman–Crippen MR) is 82.9 cm³/mol. The Bertz CT molecular complexity index is 661. The first kappa shape index (κ1) is 17.4. The molecule has 1 aromatic rings. The summed E-state index contributed by atoms with van der Waals surface area (Å²) in [4.78, 5) is 34.9. The number of nitrogens with zero attached hydrogens (tertiary/aromatic N) is 4. The van der Waals surface area contributed by atoms with Crippen molar-refractivity contribution in [3.05, 3.63) is 12.5 Å². The molecule has 2 aliphatic rings. The minimum atomic E-state index is -4.47. The van der Waals surface area contributed by atoms with Crippen LogP contribution < -0.4 is 10.2 Å². The highest BCUT2D eigenvalue weighted by Gasteiger charge is 2.40. The molecule has 1 aromatic heterocycles. The van der Waals surface area contributed by atoms with Crippen LogP contribution in [0.2, 0.25) is 0 Å². The predicted octanol–water partition coefficient (Wildman–Crippen LogP) is 1.43. The fraction of sp³-hybridized carbons (Fsp3) is 0.600. The van der Waals surface area contributed by atoms with E-state index >= 15 is 0 Å². The molecule has 7 nitrogen and oxygen atoms in total. The van der Waals surface area contributed by atoms with Crippen LogP contribution in [0.15, 0.2) is 12.5 Å². The first-order valence-corrected chi connectivity index (χ1v) is 8.04. The van der Waals surface area contributed by atoms with Gasteiger partial charge in [-0.2, -0.15) is 13.2 Å². The van der Waals surface area contributed by atoms with Crippen LogP contribution in [0.5, 0.6) is 0 Å². The monoisotopic (exact) mass is 357 g/mol. The smallest absolute Gasteiger partial charge is 0.355 e. The van der Waals surface area contributed by atoms with Gasteiger partial charge in [-0.1, -0.05) is 0 Å². The molecule has 2 fully saturated rings. The van der Waals surface area contributed by atoms with Crippen molar-refractivity contribution in [1.82, 2.24) is 14.9 Å². The molecule has 136 valence electrons. The number of anilines is 2. The lowest BCUT2D eigenvalue weighted by atomic mass is 10.1. The summed E-state index contributed by atoms with van der Waals surface area (Å²) in [6.07, 6.45) is 0.198. The van der Waals surface area contributed by atoms with E-state index in [0.29, 0.717) is 16.4 Å². The number of alkyl halides is 3. The number of carbonyl (C=O) groups excluding carboxylic acids is 2. The van der Waals surface area contributed by atoms with E-state index < -0.39 is 30.5 Å². The summed E-state index contributed by atoms with van der Waals surface area (Å²) < 4.78 is 37.4. The fourth-order valence-electron chi connectivity index (χ4n) is 3.14. The van der Waals surface area contributed by atoms with Crippen molar-refractivity contribution >= 4 is 23.3 Å². The summed E-state index contributed by atoms with van der Waals surface area (Å²) in [5, 5.41) is 2.67. The topological polar surface area (TPSA) is 78.4 Å². The van der Waals surface area contributed by atoms with Crippen LogP contribution in [0.4, 0.5) is 24.7 Å². The van der Waals surface area contributed by atoms with Gasteiger partial charge in [-0.3, -0.25) is 9.59 Å². The van der Waals surface area contributed by atoms with Crippen molar-refractivity contribution in [3.8, 4) is 0 Å². The van der Waals surface area contributed by atoms with Gasteiger partial charge in [0.05, 0.1) is 12.1 Å². The molecule has 0 saturated carbocycles. The van der Waals surface area contributed by atoms with Crippen molar-refractivity contribution < 1.29 is 22.8 Å². The molecule has 0 radical (unpaired) electrons. The van der Waals surface area contributed by atoms with E-state index in [1.165, 1.54) is 12.5 Å². The summed E-state index contributed by atoms with van der Waals surface area (Å²) in [6.45, 7) is 0.0717. The van der Waals surface area contributed by atoms with Gasteiger partial charge in [0.25, 0.3) is 0 Å². The number of nitrogens with one attached hydrogen (secondary N) is 1. The number of rotatable bonds is 4. The van der Waals surface area contributed by atoms with Crippen LogP contribution in [0.3, 0.4) is 0 Å². The second-order valence-corrected chi connectivity index (χ2v) is 6.23. The molecule has 2 amide bonds. The van der Waals surface area contributed by atoms with Crippen molar-refractivity contribution in [2.45, 2.75) is 25.4 Å². The summed E-state index contributed by atoms with van der Waals surface area (Å²) in [6, 6.07) is 0. The van der Waals surface area contributed by atoms with E-state index in [4.69, 9.17) is 0 Å². The number of likely N-dealkylation sites (tertiary alicyclic amines) is 1. The maximum atomic E-state index is 12.5. The Morgan fingerprint density at radius 1 is 1.32 bits per heavy atom. The average molecular weight is 357 g/mol. The molecule has 0 aliphatic carbocycles. The Morgan fingerprint density at radius 3 is 2.72 bits per heavy atom. The Labute approximate surface area is 142 Å². The molecule has 1 atom stereocenters. The maximum absolute atomic E-state index is 12.5. The maximum Gasteiger partial charge on any atom is 0.406 e. The molecule has 2 aliphatic heterocycles. The van der Waals surface area contributed by atoms with Gasteiger partial charge in [0.15, 0.2) is 5.82 Å². The third kappa shape index (κ3) is 4.18. The van der Waals surface area contributed by atoms with Gasteiger partial charge in [0.2, 0.25) is 11.8 Å². The molecule has 10 heteroatoms. The Morgan fingerprint density at radius 2 is 2.04 bits per heavy atom. The molecule has 3 rings (SSSR count). The lowest BCUT2D eigenvalue weighted by molar-refractivity contribution is -0.157. The van der Waals surface area contributed by atoms with Crippen LogP contribution in [-0.4, -0.2) is 59.0 Å². The van der Waals surface area contributed by atoms with Crippen LogP contribution in [0, 0.1) is 5.92 Å². The Balaban J connectivity index is 1.66. The van der Waals surface area contributed by atoms with Crippen LogP contribution in [0.1, 0.15) is 19.3 Å². The molecule has 0 bridgehead atoms. The summed E-state index contributed by atoms with van der Waals surface area (Å²) in [5.41, 5.74) is 0.413. The number of hydrogen-bond acceptors (Lipinski definition) is 5. The highest BCUT2D eigenvalue weighted by molar-refractivity contribution is 5.98. The summed E-state index contributed by atoms with van der Waals surface area (Å²) >= 11 is 0. The first-order chi connectivity index (χ1) is 11.8. The number of amides is 2. The molecule has 1 N–H and O–H groups in total. The quantitative estimate of drug-likeness (QED) is 0.882. The van der Waals surface area contributed by atoms with Gasteiger partial charge < -0.3 is 15.1 Å². The lowest BCUT2D eigenvalue weighted by Crippen LogP contribution is -2.36. The van der Waals surface area contributed by atoms with Gasteiger partial charge in [0.1, 0.15) is 18.6 Å². The summed E-state index contributed by atoms with van der Waals surface area (Å²) in [5.74, 6) is -1.38. The van der Waals surface area contributed by atoms with Crippen molar-refractivity contribution in [3.63, 3.8) is 0 Å². The number of halogens is 3. The van der Waals surface area contributed by atoms with Crippen molar-refractivity contribution in [2.24, 2.45) is 5.92 Å². The standard InChI is InChI=1S/C15H18F3N5O2/c16-15(17,18)8-23-7-10(5-12(23)24)14(25)21-11-6-19-9-20-13(11)22-3-1-2-4-22/h6,9-10H,1-5,7-8H2,(H,21,25). The molecule has 0 spiro atoms. The normalized spacial score (nSPS) is 21.1. The van der Waals surface area contributed by atoms with Crippen LogP contribution in [-0.2, 0) is 9.59 Å². The zero-order valence-electron chi connectivity index (χ0n) is 13.4. The molecular formula is C15H18F3N5O2. The third-order valence-electron chi connectivity index (χ3n) is 4.31. The second-order valence-electron chi connectivity index (χ2n) is 6.23. The van der Waals surface area contributed by atoms with E-state index in [2.05, 4.69) is 15.3 Å². The van der Waals surface area contributed by atoms with E-state index in [1.54, 1.807) is 0 Å². The molecule has 0 aromatic carbocycles. The number of hydrogen-bond donors (Lipinski definition) is 1. The fourth-order valence-corrected chi connectivity index (χ4v) is 3.14. The van der Waals surface area contributed by atoms with Gasteiger partial charge >= 0.3 is 6.18 Å². The van der Waals surface area contributed by atoms with Crippen LogP contribution >= 0.6 is 0 Å². The number of aromatic nitrogens is 2. The van der Waals surface area contributed by atoms with Gasteiger partial charge in [-0.15, -0.1) is 0 Å². The van der Waals surface area contributed by atoms with Gasteiger partial charge in [0, 0.05) is 26.1 Å². The summed E-state index contributed by atoms with van der Waals surface area (Å²) in [7, 11) is 0. The zero-order valence-corrected chi connectivity index (χ0v) is 13.4. The van der Waals surface area contributed by atoms with E-state index in [0.717, 1.165) is 25.9 Å². The second kappa shape index (κ2) is 6.85. The highest BCUT2D eigenvalue weighted by atomic mass is 19.4. The highest BCUT2D eigenvalue weighted by Crippen LogP contribution is 2.28. The number of carbonyl (C=O) groups is 2. The van der Waals surface area contributed by atoms with Crippen LogP contribution in [0.25, 0.3) is 0 Å². The van der Waals surface area contributed by atoms with E-state index in [1.807, 2.05) is 4.90 Å².